The Balaban J connectivity index is 2.86. The molecule has 0 aromatic heterocycles. The molecule has 0 aliphatic carbocycles. The van der Waals surface area contributed by atoms with Gasteiger partial charge in [0.05, 0.1) is 16.0 Å². The van der Waals surface area contributed by atoms with Crippen molar-refractivity contribution in [3.8, 4) is 0 Å². The third kappa shape index (κ3) is 2.52. The van der Waals surface area contributed by atoms with E-state index in [0.717, 1.165) is 10.5 Å². The fraction of sp³-hybridized carbons (Fsp3) is 0.273. The molecule has 2 atom stereocenters. The van der Waals surface area contributed by atoms with Crippen LogP contribution in [0.5, 0.6) is 0 Å². The second-order valence-electron chi connectivity index (χ2n) is 3.10. The molecule has 0 radical (unpaired) electrons. The Morgan fingerprint density at radius 2 is 1.92 bits per heavy atom. The summed E-state index contributed by atoms with van der Waals surface area (Å²) in [6.07, 6.45) is 0. The zero-order chi connectivity index (χ0) is 9.84. The maximum Gasteiger partial charge on any atom is 0.0599 e. The summed E-state index contributed by atoms with van der Waals surface area (Å²) in [7, 11) is -0.958. The minimum Gasteiger partial charge on any atom is -0.254 e. The summed E-state index contributed by atoms with van der Waals surface area (Å²) in [6, 6.07) is 9.49. The topological polar surface area (TPSA) is 17.1 Å². The highest BCUT2D eigenvalue weighted by Crippen LogP contribution is 2.14. The fourth-order valence-electron chi connectivity index (χ4n) is 0.941. The van der Waals surface area contributed by atoms with E-state index in [-0.39, 0.29) is 5.25 Å². The molecule has 0 fully saturated rings. The van der Waals surface area contributed by atoms with Gasteiger partial charge in [0.2, 0.25) is 0 Å². The Labute approximate surface area is 81.9 Å². The zero-order valence-electron chi connectivity index (χ0n) is 7.99. The standard InChI is InChI=1S/C11H14OS/c1-9(2)10(3)13(12)11-7-5-4-6-8-11/h4-8,10H,1H2,2-3H3. The van der Waals surface area contributed by atoms with Crippen LogP contribution in [0.25, 0.3) is 0 Å². The lowest BCUT2D eigenvalue weighted by molar-refractivity contribution is 0.678. The average Bonchev–Trinajstić information content (AvgIpc) is 2.17. The molecule has 0 aliphatic rings. The molecule has 1 nitrogen and oxygen atoms in total. The third-order valence-corrected chi connectivity index (χ3v) is 3.77. The Bertz CT molecular complexity index is 316. The van der Waals surface area contributed by atoms with Crippen LogP contribution in [0.4, 0.5) is 0 Å². The summed E-state index contributed by atoms with van der Waals surface area (Å²) < 4.78 is 11.8. The number of hydrogen-bond donors (Lipinski definition) is 0. The molecule has 0 saturated heterocycles. The predicted molar refractivity (Wildman–Crippen MR) is 57.1 cm³/mol. The highest BCUT2D eigenvalue weighted by Gasteiger charge is 2.12. The van der Waals surface area contributed by atoms with Crippen molar-refractivity contribution in [3.63, 3.8) is 0 Å². The molecule has 70 valence electrons. The van der Waals surface area contributed by atoms with Crippen molar-refractivity contribution in [2.45, 2.75) is 24.0 Å². The molecule has 0 spiro atoms. The maximum absolute atomic E-state index is 11.8. The van der Waals surface area contributed by atoms with Gasteiger partial charge >= 0.3 is 0 Å². The third-order valence-electron chi connectivity index (χ3n) is 1.99. The second kappa shape index (κ2) is 4.38. The molecule has 1 aromatic carbocycles. The zero-order valence-corrected chi connectivity index (χ0v) is 8.80. The van der Waals surface area contributed by atoms with Gasteiger partial charge in [-0.3, -0.25) is 4.21 Å². The maximum atomic E-state index is 11.8. The Kier molecular flexibility index (Phi) is 3.43. The van der Waals surface area contributed by atoms with E-state index in [2.05, 4.69) is 6.58 Å². The van der Waals surface area contributed by atoms with Crippen LogP contribution in [0.2, 0.25) is 0 Å². The molecule has 13 heavy (non-hydrogen) atoms. The minimum absolute atomic E-state index is 0.0300. The van der Waals surface area contributed by atoms with E-state index < -0.39 is 10.8 Å². The van der Waals surface area contributed by atoms with Crippen molar-refractivity contribution in [1.82, 2.24) is 0 Å². The molecule has 1 aromatic rings. The molecule has 0 N–H and O–H groups in total. The SMILES string of the molecule is C=C(C)C(C)S(=O)c1ccccc1. The second-order valence-corrected chi connectivity index (χ2v) is 4.87. The summed E-state index contributed by atoms with van der Waals surface area (Å²) in [4.78, 5) is 0.873. The van der Waals surface area contributed by atoms with Crippen molar-refractivity contribution in [1.29, 1.82) is 0 Å². The monoisotopic (exact) mass is 194 g/mol. The molecule has 0 amide bonds. The van der Waals surface area contributed by atoms with Crippen LogP contribution in [0.15, 0.2) is 47.4 Å². The quantitative estimate of drug-likeness (QED) is 0.676. The highest BCUT2D eigenvalue weighted by molar-refractivity contribution is 7.85. The van der Waals surface area contributed by atoms with Crippen LogP contribution in [-0.4, -0.2) is 9.46 Å². The summed E-state index contributed by atoms with van der Waals surface area (Å²) in [5.74, 6) is 0. The first-order chi connectivity index (χ1) is 6.13. The van der Waals surface area contributed by atoms with Gasteiger partial charge in [-0.1, -0.05) is 30.4 Å². The van der Waals surface area contributed by atoms with Gasteiger partial charge in [-0.2, -0.15) is 0 Å². The Morgan fingerprint density at radius 3 is 2.38 bits per heavy atom. The van der Waals surface area contributed by atoms with Crippen molar-refractivity contribution in [3.05, 3.63) is 42.5 Å². The lowest BCUT2D eigenvalue weighted by Gasteiger charge is -2.10. The minimum atomic E-state index is -0.958. The van der Waals surface area contributed by atoms with Crippen molar-refractivity contribution < 1.29 is 4.21 Å². The number of rotatable bonds is 3. The van der Waals surface area contributed by atoms with Crippen molar-refractivity contribution in [2.24, 2.45) is 0 Å². The van der Waals surface area contributed by atoms with E-state index in [4.69, 9.17) is 0 Å². The first kappa shape index (κ1) is 10.2. The van der Waals surface area contributed by atoms with Gasteiger partial charge in [0.1, 0.15) is 0 Å². The number of benzene rings is 1. The van der Waals surface area contributed by atoms with Crippen LogP contribution >= 0.6 is 0 Å². The van der Waals surface area contributed by atoms with Gasteiger partial charge < -0.3 is 0 Å². The first-order valence-electron chi connectivity index (χ1n) is 4.24. The summed E-state index contributed by atoms with van der Waals surface area (Å²) in [5, 5.41) is 0.0300. The van der Waals surface area contributed by atoms with Gasteiger partial charge in [0.15, 0.2) is 0 Å². The highest BCUT2D eigenvalue weighted by atomic mass is 32.2. The molecule has 0 saturated carbocycles. The lowest BCUT2D eigenvalue weighted by Crippen LogP contribution is -2.11. The van der Waals surface area contributed by atoms with E-state index in [1.54, 1.807) is 0 Å². The van der Waals surface area contributed by atoms with Gasteiger partial charge in [0, 0.05) is 4.90 Å². The fourth-order valence-corrected chi connectivity index (χ4v) is 2.14. The van der Waals surface area contributed by atoms with E-state index >= 15 is 0 Å². The van der Waals surface area contributed by atoms with Gasteiger partial charge in [-0.15, -0.1) is 0 Å². The molecule has 0 bridgehead atoms. The van der Waals surface area contributed by atoms with Crippen LogP contribution in [0.3, 0.4) is 0 Å². The Hall–Kier alpha value is -0.890. The van der Waals surface area contributed by atoms with Crippen molar-refractivity contribution in [2.75, 3.05) is 0 Å². The summed E-state index contributed by atoms with van der Waals surface area (Å²) in [6.45, 7) is 7.65. The molecular formula is C11H14OS. The van der Waals surface area contributed by atoms with E-state index in [9.17, 15) is 4.21 Å². The van der Waals surface area contributed by atoms with Crippen LogP contribution < -0.4 is 0 Å². The van der Waals surface area contributed by atoms with Gasteiger partial charge in [-0.05, 0) is 26.0 Å². The van der Waals surface area contributed by atoms with E-state index in [0.29, 0.717) is 0 Å². The Morgan fingerprint density at radius 1 is 1.38 bits per heavy atom. The molecular weight excluding hydrogens is 180 g/mol. The summed E-state index contributed by atoms with van der Waals surface area (Å²) >= 11 is 0. The average molecular weight is 194 g/mol. The van der Waals surface area contributed by atoms with Crippen LogP contribution in [-0.2, 0) is 10.8 Å². The normalized spacial score (nSPS) is 14.9. The molecule has 2 heteroatoms. The molecule has 1 rings (SSSR count). The largest absolute Gasteiger partial charge is 0.254 e. The smallest absolute Gasteiger partial charge is 0.0599 e. The lowest BCUT2D eigenvalue weighted by atomic mass is 10.3. The van der Waals surface area contributed by atoms with Crippen LogP contribution in [0, 0.1) is 0 Å². The predicted octanol–water partition coefficient (Wildman–Crippen LogP) is 2.76. The first-order valence-corrected chi connectivity index (χ1v) is 5.45. The van der Waals surface area contributed by atoms with E-state index in [1.165, 1.54) is 0 Å². The van der Waals surface area contributed by atoms with Gasteiger partial charge in [0.25, 0.3) is 0 Å². The van der Waals surface area contributed by atoms with Crippen molar-refractivity contribution >= 4 is 10.8 Å². The molecule has 2 unspecified atom stereocenters. The summed E-state index contributed by atoms with van der Waals surface area (Å²) in [5.41, 5.74) is 0.960. The molecule has 0 heterocycles. The van der Waals surface area contributed by atoms with Crippen LogP contribution in [0.1, 0.15) is 13.8 Å². The van der Waals surface area contributed by atoms with E-state index in [1.807, 2.05) is 44.2 Å². The van der Waals surface area contributed by atoms with Gasteiger partial charge in [-0.25, -0.2) is 0 Å². The molecule has 0 aliphatic heterocycles. The number of hydrogen-bond acceptors (Lipinski definition) is 1.